The van der Waals surface area contributed by atoms with Crippen molar-refractivity contribution in [3.05, 3.63) is 63.1 Å². The van der Waals surface area contributed by atoms with Crippen LogP contribution < -0.4 is 4.90 Å². The molecule has 21 heavy (non-hydrogen) atoms. The SMILES string of the molecule is CN(C(=O)c1cc(Br)ccc1Cl)c1ccc(C(=O)O)cc1. The molecule has 2 aromatic rings. The monoisotopic (exact) mass is 367 g/mol. The fourth-order valence-electron chi connectivity index (χ4n) is 1.79. The number of benzene rings is 2. The van der Waals surface area contributed by atoms with Gasteiger partial charge in [0.2, 0.25) is 0 Å². The first kappa shape index (κ1) is 15.5. The molecule has 0 fully saturated rings. The number of nitrogens with zero attached hydrogens (tertiary/aromatic N) is 1. The lowest BCUT2D eigenvalue weighted by Gasteiger charge is -2.18. The third-order valence-corrected chi connectivity index (χ3v) is 3.79. The molecule has 0 radical (unpaired) electrons. The largest absolute Gasteiger partial charge is 0.478 e. The molecule has 0 spiro atoms. The Morgan fingerprint density at radius 2 is 1.76 bits per heavy atom. The molecule has 0 heterocycles. The summed E-state index contributed by atoms with van der Waals surface area (Å²) in [5.41, 5.74) is 1.12. The number of rotatable bonds is 3. The summed E-state index contributed by atoms with van der Waals surface area (Å²) < 4.78 is 0.755. The molecule has 0 saturated heterocycles. The van der Waals surface area contributed by atoms with Gasteiger partial charge in [-0.25, -0.2) is 4.79 Å². The highest BCUT2D eigenvalue weighted by Crippen LogP contribution is 2.24. The topological polar surface area (TPSA) is 57.6 Å². The normalized spacial score (nSPS) is 10.2. The van der Waals surface area contributed by atoms with Gasteiger partial charge in [0.05, 0.1) is 16.1 Å². The first-order valence-electron chi connectivity index (χ1n) is 5.96. The van der Waals surface area contributed by atoms with E-state index in [1.807, 2.05) is 0 Å². The van der Waals surface area contributed by atoms with Crippen LogP contribution >= 0.6 is 27.5 Å². The van der Waals surface area contributed by atoms with Gasteiger partial charge < -0.3 is 10.0 Å². The van der Waals surface area contributed by atoms with Crippen molar-refractivity contribution in [3.8, 4) is 0 Å². The Kier molecular flexibility index (Phi) is 4.65. The second kappa shape index (κ2) is 6.28. The van der Waals surface area contributed by atoms with Crippen LogP contribution in [0.5, 0.6) is 0 Å². The van der Waals surface area contributed by atoms with E-state index < -0.39 is 5.97 Å². The van der Waals surface area contributed by atoms with Crippen molar-refractivity contribution in [2.45, 2.75) is 0 Å². The lowest BCUT2D eigenvalue weighted by atomic mass is 10.1. The number of carbonyl (C=O) groups excluding carboxylic acids is 1. The fraction of sp³-hybridized carbons (Fsp3) is 0.0667. The molecule has 1 N–H and O–H groups in total. The summed E-state index contributed by atoms with van der Waals surface area (Å²) >= 11 is 9.34. The minimum atomic E-state index is -1.01. The Hall–Kier alpha value is -1.85. The highest BCUT2D eigenvalue weighted by molar-refractivity contribution is 9.10. The summed E-state index contributed by atoms with van der Waals surface area (Å²) in [7, 11) is 1.61. The molecule has 108 valence electrons. The van der Waals surface area contributed by atoms with E-state index in [0.29, 0.717) is 16.3 Å². The van der Waals surface area contributed by atoms with Gasteiger partial charge in [-0.2, -0.15) is 0 Å². The summed E-state index contributed by atoms with van der Waals surface area (Å²) in [5.74, 6) is -1.28. The highest BCUT2D eigenvalue weighted by Gasteiger charge is 2.17. The average Bonchev–Trinajstić information content (AvgIpc) is 2.48. The second-order valence-electron chi connectivity index (χ2n) is 4.34. The van der Waals surface area contributed by atoms with Crippen LogP contribution in [0.4, 0.5) is 5.69 Å². The van der Waals surface area contributed by atoms with E-state index in [2.05, 4.69) is 15.9 Å². The molecule has 2 aromatic carbocycles. The van der Waals surface area contributed by atoms with Gasteiger partial charge in [0, 0.05) is 17.2 Å². The number of hydrogen-bond donors (Lipinski definition) is 1. The standard InChI is InChI=1S/C15H11BrClNO3/c1-18(11-5-2-9(3-6-11)15(20)21)14(19)12-8-10(16)4-7-13(12)17/h2-8H,1H3,(H,20,21). The molecular formula is C15H11BrClNO3. The summed E-state index contributed by atoms with van der Waals surface area (Å²) in [6.45, 7) is 0. The third-order valence-electron chi connectivity index (χ3n) is 2.97. The lowest BCUT2D eigenvalue weighted by Crippen LogP contribution is -2.26. The van der Waals surface area contributed by atoms with Crippen LogP contribution in [0.3, 0.4) is 0 Å². The zero-order valence-electron chi connectivity index (χ0n) is 11.0. The maximum absolute atomic E-state index is 12.4. The molecule has 0 saturated carbocycles. The molecule has 2 rings (SSSR count). The maximum atomic E-state index is 12.4. The highest BCUT2D eigenvalue weighted by atomic mass is 79.9. The predicted octanol–water partition coefficient (Wildman–Crippen LogP) is 4.08. The van der Waals surface area contributed by atoms with Crippen LogP contribution in [-0.2, 0) is 0 Å². The van der Waals surface area contributed by atoms with Crippen molar-refractivity contribution in [3.63, 3.8) is 0 Å². The first-order valence-corrected chi connectivity index (χ1v) is 7.13. The molecule has 4 nitrogen and oxygen atoms in total. The van der Waals surface area contributed by atoms with Crippen molar-refractivity contribution >= 4 is 45.1 Å². The zero-order chi connectivity index (χ0) is 15.6. The smallest absolute Gasteiger partial charge is 0.335 e. The molecule has 0 unspecified atom stereocenters. The third kappa shape index (κ3) is 3.43. The van der Waals surface area contributed by atoms with Gasteiger partial charge in [-0.15, -0.1) is 0 Å². The first-order chi connectivity index (χ1) is 9.90. The fourth-order valence-corrected chi connectivity index (χ4v) is 2.35. The van der Waals surface area contributed by atoms with Gasteiger partial charge in [0.1, 0.15) is 0 Å². The molecule has 0 aliphatic heterocycles. The minimum absolute atomic E-state index is 0.167. The number of hydrogen-bond acceptors (Lipinski definition) is 2. The Balaban J connectivity index is 2.30. The van der Waals surface area contributed by atoms with Crippen LogP contribution in [0.25, 0.3) is 0 Å². The van der Waals surface area contributed by atoms with E-state index in [0.717, 1.165) is 4.47 Å². The Labute approximate surface area is 135 Å². The quantitative estimate of drug-likeness (QED) is 0.888. The average molecular weight is 369 g/mol. The van der Waals surface area contributed by atoms with E-state index in [-0.39, 0.29) is 11.5 Å². The Morgan fingerprint density at radius 1 is 1.14 bits per heavy atom. The van der Waals surface area contributed by atoms with Gasteiger partial charge in [0.15, 0.2) is 0 Å². The molecule has 0 aliphatic carbocycles. The van der Waals surface area contributed by atoms with Gasteiger partial charge in [-0.3, -0.25) is 4.79 Å². The Morgan fingerprint density at radius 3 is 2.33 bits per heavy atom. The molecule has 0 aliphatic rings. The van der Waals surface area contributed by atoms with E-state index in [1.54, 1.807) is 37.4 Å². The van der Waals surface area contributed by atoms with Gasteiger partial charge in [-0.1, -0.05) is 27.5 Å². The molecule has 0 bridgehead atoms. The number of halogens is 2. The molecular weight excluding hydrogens is 358 g/mol. The van der Waals surface area contributed by atoms with E-state index in [4.69, 9.17) is 16.7 Å². The van der Waals surface area contributed by atoms with E-state index in [9.17, 15) is 9.59 Å². The van der Waals surface area contributed by atoms with Crippen LogP contribution in [0, 0.1) is 0 Å². The number of anilines is 1. The second-order valence-corrected chi connectivity index (χ2v) is 5.66. The van der Waals surface area contributed by atoms with E-state index >= 15 is 0 Å². The Bertz CT molecular complexity index is 701. The molecule has 6 heteroatoms. The van der Waals surface area contributed by atoms with Crippen molar-refractivity contribution in [1.82, 2.24) is 0 Å². The van der Waals surface area contributed by atoms with Crippen molar-refractivity contribution in [1.29, 1.82) is 0 Å². The van der Waals surface area contributed by atoms with Crippen LogP contribution in [0.1, 0.15) is 20.7 Å². The number of carboxylic acids is 1. The number of amides is 1. The van der Waals surface area contributed by atoms with Crippen molar-refractivity contribution in [2.24, 2.45) is 0 Å². The van der Waals surface area contributed by atoms with Crippen LogP contribution in [0.15, 0.2) is 46.9 Å². The predicted molar refractivity (Wildman–Crippen MR) is 85.3 cm³/mol. The minimum Gasteiger partial charge on any atom is -0.478 e. The van der Waals surface area contributed by atoms with Gasteiger partial charge >= 0.3 is 5.97 Å². The van der Waals surface area contributed by atoms with Crippen LogP contribution in [-0.4, -0.2) is 24.0 Å². The summed E-state index contributed by atoms with van der Waals surface area (Å²) in [5, 5.41) is 9.22. The van der Waals surface area contributed by atoms with Gasteiger partial charge in [0.25, 0.3) is 5.91 Å². The van der Waals surface area contributed by atoms with Crippen molar-refractivity contribution in [2.75, 3.05) is 11.9 Å². The van der Waals surface area contributed by atoms with Crippen molar-refractivity contribution < 1.29 is 14.7 Å². The molecule has 0 aromatic heterocycles. The summed E-state index contributed by atoms with van der Waals surface area (Å²) in [4.78, 5) is 24.7. The number of carboxylic acid groups (broad SMARTS) is 1. The number of carbonyl (C=O) groups is 2. The summed E-state index contributed by atoms with van der Waals surface area (Å²) in [6.07, 6.45) is 0. The number of aromatic carboxylic acids is 1. The van der Waals surface area contributed by atoms with Crippen LogP contribution in [0.2, 0.25) is 5.02 Å². The maximum Gasteiger partial charge on any atom is 0.335 e. The lowest BCUT2D eigenvalue weighted by molar-refractivity contribution is 0.0696. The molecule has 1 amide bonds. The van der Waals surface area contributed by atoms with Gasteiger partial charge in [-0.05, 0) is 42.5 Å². The summed E-state index contributed by atoms with van der Waals surface area (Å²) in [6, 6.07) is 11.1. The molecule has 0 atom stereocenters. The van der Waals surface area contributed by atoms with E-state index in [1.165, 1.54) is 17.0 Å². The zero-order valence-corrected chi connectivity index (χ0v) is 13.4.